The zero-order valence-electron chi connectivity index (χ0n) is 34.0. The Labute approximate surface area is 349 Å². The number of anilines is 3. The van der Waals surface area contributed by atoms with E-state index in [1.807, 2.05) is 32.0 Å². The first-order chi connectivity index (χ1) is 29.0. The van der Waals surface area contributed by atoms with E-state index in [0.717, 1.165) is 49.8 Å². The minimum atomic E-state index is -4.76. The lowest BCUT2D eigenvalue weighted by atomic mass is 9.89. The monoisotopic (exact) mass is 848 g/mol. The Kier molecular flexibility index (Phi) is 10.0. The fourth-order valence-corrected chi connectivity index (χ4v) is 10.1. The number of aromatic hydroxyl groups is 1. The first kappa shape index (κ1) is 40.7. The van der Waals surface area contributed by atoms with Crippen LogP contribution in [0.3, 0.4) is 0 Å². The number of hydrogen-bond donors (Lipinski definition) is 3. The Morgan fingerprint density at radius 3 is 2.46 bits per heavy atom. The molecule has 1 aromatic heterocycles. The normalized spacial score (nSPS) is 24.6. The van der Waals surface area contributed by atoms with Gasteiger partial charge in [0.1, 0.15) is 6.04 Å². The summed E-state index contributed by atoms with van der Waals surface area (Å²) in [5.41, 5.74) is -0.631. The number of imide groups is 1. The minimum Gasteiger partial charge on any atom is -0.504 e. The summed E-state index contributed by atoms with van der Waals surface area (Å²) in [7, 11) is 0. The van der Waals surface area contributed by atoms with Crippen molar-refractivity contribution in [3.05, 3.63) is 59.4 Å². The molecule has 15 nitrogen and oxygen atoms in total. The van der Waals surface area contributed by atoms with E-state index in [0.29, 0.717) is 44.1 Å². The summed E-state index contributed by atoms with van der Waals surface area (Å²) in [6.45, 7) is 6.87. The predicted octanol–water partition coefficient (Wildman–Crippen LogP) is 4.03. The molecule has 19 heteroatoms. The van der Waals surface area contributed by atoms with Crippen LogP contribution in [0.25, 0.3) is 11.3 Å². The summed E-state index contributed by atoms with van der Waals surface area (Å²) in [5.74, 6) is -2.01. The van der Waals surface area contributed by atoms with Gasteiger partial charge in [0.25, 0.3) is 5.91 Å². The van der Waals surface area contributed by atoms with E-state index in [-0.39, 0.29) is 54.1 Å². The number of carbonyl (C=O) groups is 4. The Morgan fingerprint density at radius 1 is 0.934 bits per heavy atom. The number of urea groups is 1. The standard InChI is InChI=1S/C42H48F4N10O5/c1-40(2)23-51(20-25-10-12-52(13-11-25)27-7-6-26-21-54(38(60)29(26)18-27)32-8-9-34(57)48-37(32)59)14-16-56(40)39(61)53-15-17-55-33-19-31(28-4-3-5-30(43)35(28)58)49-50-36(33)47-22-41(55,24-53)42(44,45)46/h3-7,18-19,25,32,58H,8-17,20-24H2,1-2H3,(H,47,50)(H,48,57,59)/t32-,41-/m1/s1. The zero-order chi connectivity index (χ0) is 43.0. The largest absolute Gasteiger partial charge is 0.504 e. The minimum absolute atomic E-state index is 0.00405. The maximum absolute atomic E-state index is 15.3. The molecule has 0 unspecified atom stereocenters. The second-order valence-electron chi connectivity index (χ2n) is 17.7. The van der Waals surface area contributed by atoms with Crippen LogP contribution in [0.15, 0.2) is 42.5 Å². The quantitative estimate of drug-likeness (QED) is 0.252. The highest BCUT2D eigenvalue weighted by molar-refractivity contribution is 6.05. The van der Waals surface area contributed by atoms with E-state index >= 15 is 13.2 Å². The molecule has 0 aliphatic carbocycles. The summed E-state index contributed by atoms with van der Waals surface area (Å²) in [6, 6.07) is 9.98. The molecule has 4 fully saturated rings. The van der Waals surface area contributed by atoms with Gasteiger partial charge in [0, 0.05) is 82.1 Å². The molecule has 3 N–H and O–H groups in total. The van der Waals surface area contributed by atoms with E-state index in [2.05, 4.69) is 30.6 Å². The van der Waals surface area contributed by atoms with E-state index in [9.17, 15) is 28.7 Å². The second-order valence-corrected chi connectivity index (χ2v) is 17.7. The molecule has 0 spiro atoms. The number of phenols is 1. The number of nitrogens with zero attached hydrogens (tertiary/aromatic N) is 8. The van der Waals surface area contributed by atoms with Crippen LogP contribution in [0.4, 0.5) is 39.5 Å². The number of para-hydroxylation sites is 1. The Hall–Kier alpha value is -5.72. The molecule has 9 rings (SSSR count). The molecule has 2 aromatic carbocycles. The molecule has 2 atom stereocenters. The molecule has 0 saturated carbocycles. The second kappa shape index (κ2) is 15.0. The number of amides is 5. The summed E-state index contributed by atoms with van der Waals surface area (Å²) in [5, 5.41) is 23.6. The van der Waals surface area contributed by atoms with Crippen molar-refractivity contribution >= 4 is 40.9 Å². The molecule has 7 heterocycles. The van der Waals surface area contributed by atoms with E-state index in [1.165, 1.54) is 28.0 Å². The Bertz CT molecular complexity index is 2290. The van der Waals surface area contributed by atoms with Gasteiger partial charge in [-0.15, -0.1) is 10.2 Å². The van der Waals surface area contributed by atoms with Gasteiger partial charge in [0.2, 0.25) is 11.8 Å². The van der Waals surface area contributed by atoms with Gasteiger partial charge in [-0.25, -0.2) is 9.18 Å². The fourth-order valence-electron chi connectivity index (χ4n) is 10.1. The van der Waals surface area contributed by atoms with Crippen molar-refractivity contribution in [2.24, 2.45) is 5.92 Å². The third-order valence-corrected chi connectivity index (χ3v) is 13.5. The Balaban J connectivity index is 0.813. The maximum atomic E-state index is 15.3. The summed E-state index contributed by atoms with van der Waals surface area (Å²) < 4.78 is 60.0. The highest BCUT2D eigenvalue weighted by atomic mass is 19.4. The number of piperazine rings is 2. The molecule has 324 valence electrons. The van der Waals surface area contributed by atoms with Crippen LogP contribution in [-0.2, 0) is 16.1 Å². The summed E-state index contributed by atoms with van der Waals surface area (Å²) in [4.78, 5) is 62.1. The average molecular weight is 849 g/mol. The SMILES string of the molecule is CC1(C)CN(CC2CCN(c3ccc4c(c3)C(=O)N([C@@H]3CCC(=O)NC3=O)C4)CC2)CCN1C(=O)N1CCN2c3cc(-c4cccc(F)c4O)nnc3NC[C@]2(C(F)(F)F)C1. The van der Waals surface area contributed by atoms with Crippen molar-refractivity contribution in [1.29, 1.82) is 0 Å². The molecule has 0 radical (unpaired) electrons. The zero-order valence-corrected chi connectivity index (χ0v) is 34.0. The van der Waals surface area contributed by atoms with Crippen molar-refractivity contribution < 1.29 is 41.8 Å². The average Bonchev–Trinajstić information content (AvgIpc) is 3.55. The van der Waals surface area contributed by atoms with Gasteiger partial charge >= 0.3 is 12.2 Å². The number of aromatic nitrogens is 2. The van der Waals surface area contributed by atoms with E-state index in [1.54, 1.807) is 9.80 Å². The number of nitrogens with one attached hydrogen (secondary N) is 2. The van der Waals surface area contributed by atoms with Crippen molar-refractivity contribution in [3.63, 3.8) is 0 Å². The number of benzene rings is 2. The van der Waals surface area contributed by atoms with Crippen LogP contribution in [0.1, 0.15) is 55.5 Å². The van der Waals surface area contributed by atoms with Gasteiger partial charge in [-0.3, -0.25) is 24.6 Å². The van der Waals surface area contributed by atoms with Gasteiger partial charge in [-0.05, 0) is 74.9 Å². The number of halogens is 4. The number of phenolic OH excluding ortho intramolecular Hbond substituents is 1. The topological polar surface area (TPSA) is 158 Å². The lowest BCUT2D eigenvalue weighted by molar-refractivity contribution is -0.191. The van der Waals surface area contributed by atoms with Crippen LogP contribution in [-0.4, -0.2) is 147 Å². The van der Waals surface area contributed by atoms with Crippen LogP contribution >= 0.6 is 0 Å². The molecule has 6 aliphatic rings. The molecule has 5 amide bonds. The van der Waals surface area contributed by atoms with Crippen LogP contribution < -0.4 is 20.4 Å². The van der Waals surface area contributed by atoms with Crippen molar-refractivity contribution in [3.8, 4) is 17.0 Å². The van der Waals surface area contributed by atoms with Gasteiger partial charge in [0.05, 0.1) is 30.0 Å². The highest BCUT2D eigenvalue weighted by Gasteiger charge is 2.63. The first-order valence-corrected chi connectivity index (χ1v) is 20.8. The van der Waals surface area contributed by atoms with E-state index < -0.39 is 59.9 Å². The lowest BCUT2D eigenvalue weighted by Gasteiger charge is -2.56. The van der Waals surface area contributed by atoms with Crippen LogP contribution in [0.5, 0.6) is 5.75 Å². The fraction of sp³-hybridized carbons (Fsp3) is 0.524. The third-order valence-electron chi connectivity index (χ3n) is 13.5. The number of alkyl halides is 3. The molecule has 6 aliphatic heterocycles. The van der Waals surface area contributed by atoms with Gasteiger partial charge < -0.3 is 34.9 Å². The van der Waals surface area contributed by atoms with Crippen LogP contribution in [0, 0.1) is 11.7 Å². The van der Waals surface area contributed by atoms with Crippen molar-refractivity contribution in [2.45, 2.75) is 69.4 Å². The molecule has 61 heavy (non-hydrogen) atoms. The van der Waals surface area contributed by atoms with Gasteiger partial charge in [-0.1, -0.05) is 12.1 Å². The molecule has 0 bridgehead atoms. The molecular weight excluding hydrogens is 801 g/mol. The van der Waals surface area contributed by atoms with Crippen LogP contribution in [0.2, 0.25) is 0 Å². The number of piperidine rings is 2. The third kappa shape index (κ3) is 7.13. The van der Waals surface area contributed by atoms with Gasteiger partial charge in [-0.2, -0.15) is 13.2 Å². The molecular formula is C42H48F4N10O5. The number of hydrogen-bond acceptors (Lipinski definition) is 11. The number of fused-ring (bicyclic) bond motifs is 4. The van der Waals surface area contributed by atoms with Crippen molar-refractivity contribution in [2.75, 3.05) is 80.6 Å². The lowest BCUT2D eigenvalue weighted by Crippen LogP contribution is -2.75. The van der Waals surface area contributed by atoms with Crippen molar-refractivity contribution in [1.82, 2.24) is 35.1 Å². The smallest absolute Gasteiger partial charge is 0.415 e. The molecule has 4 saturated heterocycles. The predicted molar refractivity (Wildman–Crippen MR) is 215 cm³/mol. The first-order valence-electron chi connectivity index (χ1n) is 20.8. The van der Waals surface area contributed by atoms with E-state index in [4.69, 9.17) is 0 Å². The highest BCUT2D eigenvalue weighted by Crippen LogP contribution is 2.47. The Morgan fingerprint density at radius 2 is 1.72 bits per heavy atom. The molecule has 3 aromatic rings. The summed E-state index contributed by atoms with van der Waals surface area (Å²) in [6.07, 6.45) is -2.40. The number of carbonyl (C=O) groups excluding carboxylic acids is 4. The number of rotatable bonds is 5. The maximum Gasteiger partial charge on any atom is 0.415 e. The van der Waals surface area contributed by atoms with Gasteiger partial charge in [0.15, 0.2) is 22.9 Å². The summed E-state index contributed by atoms with van der Waals surface area (Å²) >= 11 is 0.